The molecule has 3 aliphatic heterocycles. The number of hydrogen-bond donors (Lipinski definition) is 1. The van der Waals surface area contributed by atoms with Crippen LogP contribution < -0.4 is 4.72 Å². The molecule has 3 saturated carbocycles. The summed E-state index contributed by atoms with van der Waals surface area (Å²) in [6.07, 6.45) is 13.5. The van der Waals surface area contributed by atoms with Crippen LogP contribution in [-0.2, 0) is 42.2 Å². The Bertz CT molecular complexity index is 1620. The van der Waals surface area contributed by atoms with Crippen molar-refractivity contribution >= 4 is 33.7 Å². The highest BCUT2D eigenvalue weighted by Crippen LogP contribution is 2.57. The lowest BCUT2D eigenvalue weighted by atomic mass is 9.87. The van der Waals surface area contributed by atoms with Crippen molar-refractivity contribution in [1.29, 1.82) is 0 Å². The summed E-state index contributed by atoms with van der Waals surface area (Å²) in [6.45, 7) is 0.359. The molecule has 0 radical (unpaired) electrons. The Balaban J connectivity index is 1.13. The molecule has 3 amide bonds. The molecule has 12 heteroatoms. The van der Waals surface area contributed by atoms with Crippen LogP contribution in [0.5, 0.6) is 0 Å². The minimum Gasteiger partial charge on any atom is -0.444 e. The van der Waals surface area contributed by atoms with Gasteiger partial charge in [-0.2, -0.15) is 0 Å². The second kappa shape index (κ2) is 13.8. The van der Waals surface area contributed by atoms with Crippen molar-refractivity contribution in [3.05, 3.63) is 47.3 Å². The fourth-order valence-electron chi connectivity index (χ4n) is 8.73. The molecule has 266 valence electrons. The van der Waals surface area contributed by atoms with Crippen molar-refractivity contribution in [3.63, 3.8) is 0 Å². The summed E-state index contributed by atoms with van der Waals surface area (Å²) in [5, 5.41) is -0.575. The van der Waals surface area contributed by atoms with E-state index in [4.69, 9.17) is 4.74 Å². The largest absolute Gasteiger partial charge is 0.444 e. The van der Waals surface area contributed by atoms with Crippen LogP contribution in [0.25, 0.3) is 0 Å². The number of Topliss-reactive ketones (excluding diaryl/α,β-unsaturated/α-hetero) is 1. The molecule has 0 aromatic heterocycles. The number of ketones is 1. The maximum Gasteiger partial charge on any atom is 0.410 e. The number of fused-ring (bicyclic) bond motifs is 3. The third-order valence-corrected chi connectivity index (χ3v) is 13.7. The molecule has 1 aromatic carbocycles. The zero-order chi connectivity index (χ0) is 34.3. The highest BCUT2D eigenvalue weighted by atomic mass is 32.2. The second-order valence-electron chi connectivity index (χ2n) is 15.4. The molecule has 1 aromatic rings. The number of nitrogens with one attached hydrogen (secondary N) is 1. The summed E-state index contributed by atoms with van der Waals surface area (Å²) in [5.41, 5.74) is -0.0242. The molecule has 3 aliphatic carbocycles. The summed E-state index contributed by atoms with van der Waals surface area (Å²) >= 11 is 0. The van der Waals surface area contributed by atoms with E-state index in [2.05, 4.69) is 4.72 Å². The zero-order valence-corrected chi connectivity index (χ0v) is 28.9. The molecular formula is C37H48FN3O7S. The van der Waals surface area contributed by atoms with Crippen LogP contribution in [0.4, 0.5) is 9.18 Å². The van der Waals surface area contributed by atoms with Crippen LogP contribution in [0, 0.1) is 29.0 Å². The molecule has 4 fully saturated rings. The van der Waals surface area contributed by atoms with Gasteiger partial charge in [-0.15, -0.1) is 0 Å². The number of rotatable bonds is 6. The number of amides is 3. The first-order chi connectivity index (χ1) is 23.5. The standard InChI is InChI=1S/C37H48FN3O7S/c38-31-14-8-12-26-21-40(23-30(26)31)36(45)48-28-18-32-33(42)20-37(35(44)39-49(46,47)29-15-16-29)19-27(37)13-5-3-1-2-4-11-25(34(43)41(32)22-28)17-24-9-6-7-10-24/h5,8,12-14,24-25,27-29,32H,1-4,6-7,9-11,15-23H2,(H,39,44)/b13-5-/t25-,27-,28-,32+,37-/m1/s1. The smallest absolute Gasteiger partial charge is 0.410 e. The number of allylic oxidation sites excluding steroid dienone is 2. The average molecular weight is 698 g/mol. The van der Waals surface area contributed by atoms with Crippen LogP contribution in [0.15, 0.2) is 30.4 Å². The van der Waals surface area contributed by atoms with Gasteiger partial charge in [-0.25, -0.2) is 17.6 Å². The third kappa shape index (κ3) is 7.30. The lowest BCUT2D eigenvalue weighted by Gasteiger charge is -2.30. The first kappa shape index (κ1) is 34.2. The molecule has 0 unspecified atom stereocenters. The number of benzene rings is 1. The van der Waals surface area contributed by atoms with E-state index < -0.39 is 44.8 Å². The van der Waals surface area contributed by atoms with Crippen LogP contribution in [0.2, 0.25) is 0 Å². The van der Waals surface area contributed by atoms with Crippen LogP contribution in [0.3, 0.4) is 0 Å². The lowest BCUT2D eigenvalue weighted by molar-refractivity contribution is -0.142. The van der Waals surface area contributed by atoms with Crippen molar-refractivity contribution < 1.29 is 36.7 Å². The Hall–Kier alpha value is -3.28. The van der Waals surface area contributed by atoms with Crippen molar-refractivity contribution in [2.45, 2.75) is 127 Å². The van der Waals surface area contributed by atoms with Gasteiger partial charge in [-0.3, -0.25) is 24.0 Å². The number of halogens is 1. The first-order valence-corrected chi connectivity index (χ1v) is 19.9. The quantitative estimate of drug-likeness (QED) is 0.387. The van der Waals surface area contributed by atoms with E-state index in [1.54, 1.807) is 17.0 Å². The molecule has 5 atom stereocenters. The Morgan fingerprint density at radius 1 is 1.00 bits per heavy atom. The SMILES string of the molecule is O=C1C[C@]2(C(=O)NS(=O)(=O)C3CC3)C[C@H]2/C=C\CCCCC[C@H](CC2CCCC2)C(=O)N2C[C@H](OC(=O)N3Cc4cccc(F)c4C3)C[C@@H]12. The normalized spacial score (nSPS) is 31.7. The van der Waals surface area contributed by atoms with Gasteiger partial charge in [0.05, 0.1) is 29.8 Å². The molecule has 7 rings (SSSR count). The molecule has 0 bridgehead atoms. The Morgan fingerprint density at radius 2 is 1.78 bits per heavy atom. The van der Waals surface area contributed by atoms with Crippen LogP contribution >= 0.6 is 0 Å². The fourth-order valence-corrected chi connectivity index (χ4v) is 10.1. The number of sulfonamides is 1. The van der Waals surface area contributed by atoms with Gasteiger partial charge in [0.15, 0.2) is 5.78 Å². The topological polar surface area (TPSA) is 130 Å². The van der Waals surface area contributed by atoms with Gasteiger partial charge in [-0.1, -0.05) is 62.8 Å². The molecular weight excluding hydrogens is 649 g/mol. The molecule has 6 aliphatic rings. The summed E-state index contributed by atoms with van der Waals surface area (Å²) in [6, 6.07) is 3.86. The van der Waals surface area contributed by atoms with Gasteiger partial charge < -0.3 is 9.64 Å². The molecule has 1 saturated heterocycles. The monoisotopic (exact) mass is 697 g/mol. The van der Waals surface area contributed by atoms with E-state index in [9.17, 15) is 32.0 Å². The van der Waals surface area contributed by atoms with Gasteiger partial charge in [-0.05, 0) is 68.4 Å². The summed E-state index contributed by atoms with van der Waals surface area (Å²) < 4.78 is 48.2. The van der Waals surface area contributed by atoms with Gasteiger partial charge in [0.25, 0.3) is 0 Å². The van der Waals surface area contributed by atoms with Gasteiger partial charge in [0.1, 0.15) is 11.9 Å². The lowest BCUT2D eigenvalue weighted by Crippen LogP contribution is -2.46. The molecule has 10 nitrogen and oxygen atoms in total. The van der Waals surface area contributed by atoms with Gasteiger partial charge in [0, 0.05) is 30.9 Å². The van der Waals surface area contributed by atoms with E-state index in [1.165, 1.54) is 11.0 Å². The molecule has 3 heterocycles. The average Bonchev–Trinajstić information content (AvgIpc) is 3.84. The van der Waals surface area contributed by atoms with E-state index in [-0.39, 0.29) is 61.8 Å². The summed E-state index contributed by atoms with van der Waals surface area (Å²) in [5.74, 6) is -1.50. The maximum absolute atomic E-state index is 14.5. The van der Waals surface area contributed by atoms with Crippen LogP contribution in [0.1, 0.15) is 107 Å². The zero-order valence-electron chi connectivity index (χ0n) is 28.1. The minimum absolute atomic E-state index is 0.0654. The molecule has 1 N–H and O–H groups in total. The summed E-state index contributed by atoms with van der Waals surface area (Å²) in [7, 11) is -3.81. The predicted molar refractivity (Wildman–Crippen MR) is 179 cm³/mol. The van der Waals surface area contributed by atoms with E-state index in [1.807, 2.05) is 12.2 Å². The van der Waals surface area contributed by atoms with Crippen molar-refractivity contribution in [2.24, 2.45) is 23.2 Å². The number of carbonyl (C=O) groups is 4. The summed E-state index contributed by atoms with van der Waals surface area (Å²) in [4.78, 5) is 58.8. The highest BCUT2D eigenvalue weighted by Gasteiger charge is 2.61. The number of nitrogens with zero attached hydrogens (tertiary/aromatic N) is 2. The van der Waals surface area contributed by atoms with E-state index in [0.717, 1.165) is 69.8 Å². The minimum atomic E-state index is -3.81. The van der Waals surface area contributed by atoms with Crippen molar-refractivity contribution in [3.8, 4) is 0 Å². The highest BCUT2D eigenvalue weighted by molar-refractivity contribution is 7.90. The van der Waals surface area contributed by atoms with E-state index >= 15 is 0 Å². The Kier molecular flexibility index (Phi) is 9.62. The number of ether oxygens (including phenoxy) is 1. The Labute approximate surface area is 288 Å². The second-order valence-corrected chi connectivity index (χ2v) is 17.4. The molecule has 0 spiro atoms. The van der Waals surface area contributed by atoms with Gasteiger partial charge >= 0.3 is 6.09 Å². The van der Waals surface area contributed by atoms with Crippen molar-refractivity contribution in [2.75, 3.05) is 6.54 Å². The van der Waals surface area contributed by atoms with E-state index in [0.29, 0.717) is 30.7 Å². The molecule has 49 heavy (non-hydrogen) atoms. The third-order valence-electron chi connectivity index (χ3n) is 11.9. The number of carbonyl (C=O) groups excluding carboxylic acids is 4. The Morgan fingerprint density at radius 3 is 2.53 bits per heavy atom. The maximum atomic E-state index is 14.5. The fraction of sp³-hybridized carbons (Fsp3) is 0.676. The van der Waals surface area contributed by atoms with Crippen molar-refractivity contribution in [1.82, 2.24) is 14.5 Å². The number of hydrogen-bond acceptors (Lipinski definition) is 7. The first-order valence-electron chi connectivity index (χ1n) is 18.3. The van der Waals surface area contributed by atoms with Crippen LogP contribution in [-0.4, -0.2) is 65.8 Å². The van der Waals surface area contributed by atoms with Gasteiger partial charge in [0.2, 0.25) is 21.8 Å². The predicted octanol–water partition coefficient (Wildman–Crippen LogP) is 5.54.